The van der Waals surface area contributed by atoms with Crippen LogP contribution in [0.2, 0.25) is 0 Å². The Labute approximate surface area is 110 Å². The van der Waals surface area contributed by atoms with Crippen LogP contribution in [0.1, 0.15) is 23.4 Å². The Hall–Kier alpha value is -1.85. The van der Waals surface area contributed by atoms with Crippen LogP contribution in [0.3, 0.4) is 0 Å². The predicted molar refractivity (Wildman–Crippen MR) is 70.7 cm³/mol. The smallest absolute Gasteiger partial charge is 0.310 e. The van der Waals surface area contributed by atoms with E-state index >= 15 is 0 Å². The van der Waals surface area contributed by atoms with Crippen molar-refractivity contribution in [2.75, 3.05) is 13.1 Å². The van der Waals surface area contributed by atoms with Gasteiger partial charge in [0.2, 0.25) is 0 Å². The van der Waals surface area contributed by atoms with Gasteiger partial charge in [-0.3, -0.25) is 9.63 Å². The molecule has 1 aromatic heterocycles. The summed E-state index contributed by atoms with van der Waals surface area (Å²) < 4.78 is 5.47. The highest BCUT2D eigenvalue weighted by Crippen LogP contribution is 2.18. The molecule has 2 heterocycles. The van der Waals surface area contributed by atoms with E-state index in [0.717, 1.165) is 31.3 Å². The fourth-order valence-corrected chi connectivity index (χ4v) is 2.19. The molecule has 0 spiro atoms. The third-order valence-corrected chi connectivity index (χ3v) is 3.25. The van der Waals surface area contributed by atoms with Crippen molar-refractivity contribution in [3.8, 4) is 0 Å². The summed E-state index contributed by atoms with van der Waals surface area (Å²) in [6.07, 6.45) is 1.88. The lowest BCUT2D eigenvalue weighted by atomic mass is 10.1. The third kappa shape index (κ3) is 2.77. The van der Waals surface area contributed by atoms with Gasteiger partial charge in [0.15, 0.2) is 5.76 Å². The highest BCUT2D eigenvalue weighted by Gasteiger charge is 2.17. The summed E-state index contributed by atoms with van der Waals surface area (Å²) >= 11 is 0. The second-order valence-corrected chi connectivity index (χ2v) is 4.65. The molecule has 5 nitrogen and oxygen atoms in total. The van der Waals surface area contributed by atoms with Crippen LogP contribution in [0.5, 0.6) is 0 Å². The number of hydroxylamine groups is 1. The van der Waals surface area contributed by atoms with Crippen LogP contribution in [0, 0.1) is 0 Å². The van der Waals surface area contributed by atoms with Crippen LogP contribution in [-0.4, -0.2) is 25.1 Å². The standard InChI is InChI=1S/C14H16N2O3/c17-14(16-19-11-5-7-15-8-6-11)13-9-10-3-1-2-4-12(10)18-13/h1-4,9,11,15H,5-8H2,(H,16,17). The van der Waals surface area contributed by atoms with E-state index in [4.69, 9.17) is 9.25 Å². The molecule has 1 saturated heterocycles. The van der Waals surface area contributed by atoms with Gasteiger partial charge < -0.3 is 9.73 Å². The van der Waals surface area contributed by atoms with Crippen LogP contribution in [0.15, 0.2) is 34.7 Å². The zero-order valence-corrected chi connectivity index (χ0v) is 10.5. The second kappa shape index (κ2) is 5.42. The molecule has 1 aromatic carbocycles. The van der Waals surface area contributed by atoms with Gasteiger partial charge in [0.1, 0.15) is 5.58 Å². The molecule has 0 bridgehead atoms. The normalized spacial score (nSPS) is 16.6. The maximum atomic E-state index is 11.9. The molecular formula is C14H16N2O3. The first-order chi connectivity index (χ1) is 9.33. The Balaban J connectivity index is 1.63. The van der Waals surface area contributed by atoms with Crippen LogP contribution in [0.25, 0.3) is 11.0 Å². The Morgan fingerprint density at radius 2 is 2.11 bits per heavy atom. The number of carbonyl (C=O) groups is 1. The van der Waals surface area contributed by atoms with E-state index in [-0.39, 0.29) is 17.8 Å². The van der Waals surface area contributed by atoms with Crippen molar-refractivity contribution in [2.45, 2.75) is 18.9 Å². The summed E-state index contributed by atoms with van der Waals surface area (Å²) in [7, 11) is 0. The molecule has 2 N–H and O–H groups in total. The minimum absolute atomic E-state index is 0.0783. The monoisotopic (exact) mass is 260 g/mol. The zero-order chi connectivity index (χ0) is 13.1. The van der Waals surface area contributed by atoms with Crippen molar-refractivity contribution >= 4 is 16.9 Å². The van der Waals surface area contributed by atoms with Gasteiger partial charge in [-0.1, -0.05) is 18.2 Å². The van der Waals surface area contributed by atoms with Crippen molar-refractivity contribution in [3.63, 3.8) is 0 Å². The predicted octanol–water partition coefficient (Wildman–Crippen LogP) is 1.85. The fraction of sp³-hybridized carbons (Fsp3) is 0.357. The van der Waals surface area contributed by atoms with E-state index in [0.29, 0.717) is 5.58 Å². The number of nitrogens with one attached hydrogen (secondary N) is 2. The quantitative estimate of drug-likeness (QED) is 0.827. The lowest BCUT2D eigenvalue weighted by molar-refractivity contribution is -0.0293. The summed E-state index contributed by atoms with van der Waals surface area (Å²) in [6, 6.07) is 9.24. The molecule has 1 fully saturated rings. The highest BCUT2D eigenvalue weighted by atomic mass is 16.7. The first kappa shape index (κ1) is 12.2. The van der Waals surface area contributed by atoms with Crippen molar-refractivity contribution in [3.05, 3.63) is 36.1 Å². The van der Waals surface area contributed by atoms with E-state index in [9.17, 15) is 4.79 Å². The molecule has 2 aromatic rings. The first-order valence-electron chi connectivity index (χ1n) is 6.48. The molecule has 5 heteroatoms. The number of benzene rings is 1. The molecule has 0 saturated carbocycles. The van der Waals surface area contributed by atoms with Crippen LogP contribution >= 0.6 is 0 Å². The van der Waals surface area contributed by atoms with E-state index < -0.39 is 0 Å². The number of fused-ring (bicyclic) bond motifs is 1. The molecule has 0 unspecified atom stereocenters. The van der Waals surface area contributed by atoms with Gasteiger partial charge in [0.25, 0.3) is 0 Å². The maximum Gasteiger partial charge on any atom is 0.310 e. The molecule has 3 rings (SSSR count). The summed E-state index contributed by atoms with van der Waals surface area (Å²) in [5, 5.41) is 4.15. The van der Waals surface area contributed by atoms with E-state index in [1.165, 1.54) is 0 Å². The maximum absolute atomic E-state index is 11.9. The van der Waals surface area contributed by atoms with Crippen molar-refractivity contribution in [2.24, 2.45) is 0 Å². The SMILES string of the molecule is O=C(NOC1CCNCC1)c1cc2ccccc2o1. The van der Waals surface area contributed by atoms with E-state index in [1.54, 1.807) is 6.07 Å². The Bertz CT molecular complexity index is 540. The number of amides is 1. The van der Waals surface area contributed by atoms with E-state index in [1.807, 2.05) is 24.3 Å². The van der Waals surface area contributed by atoms with Crippen LogP contribution < -0.4 is 10.8 Å². The van der Waals surface area contributed by atoms with Gasteiger partial charge in [-0.25, -0.2) is 5.48 Å². The van der Waals surface area contributed by atoms with Crippen molar-refractivity contribution in [1.29, 1.82) is 0 Å². The van der Waals surface area contributed by atoms with Gasteiger partial charge in [0.05, 0.1) is 6.10 Å². The van der Waals surface area contributed by atoms with Crippen molar-refractivity contribution < 1.29 is 14.0 Å². The second-order valence-electron chi connectivity index (χ2n) is 4.65. The molecule has 0 aliphatic carbocycles. The number of hydrogen-bond donors (Lipinski definition) is 2. The summed E-state index contributed by atoms with van der Waals surface area (Å²) in [5.74, 6) is -0.0649. The topological polar surface area (TPSA) is 63.5 Å². The number of para-hydroxylation sites is 1. The number of piperidine rings is 1. The highest BCUT2D eigenvalue weighted by molar-refractivity contribution is 5.95. The molecule has 0 atom stereocenters. The molecular weight excluding hydrogens is 244 g/mol. The van der Waals surface area contributed by atoms with Crippen molar-refractivity contribution in [1.82, 2.24) is 10.8 Å². The van der Waals surface area contributed by atoms with Crippen LogP contribution in [0.4, 0.5) is 0 Å². The molecule has 0 radical (unpaired) electrons. The van der Waals surface area contributed by atoms with Gasteiger partial charge in [-0.2, -0.15) is 0 Å². The first-order valence-corrected chi connectivity index (χ1v) is 6.48. The summed E-state index contributed by atoms with van der Waals surface area (Å²) in [5.41, 5.74) is 3.17. The van der Waals surface area contributed by atoms with Gasteiger partial charge >= 0.3 is 5.91 Å². The minimum Gasteiger partial charge on any atom is -0.451 e. The van der Waals surface area contributed by atoms with Crippen LogP contribution in [-0.2, 0) is 4.84 Å². The average molecular weight is 260 g/mol. The van der Waals surface area contributed by atoms with Gasteiger partial charge in [0, 0.05) is 5.39 Å². The Morgan fingerprint density at radius 1 is 1.32 bits per heavy atom. The van der Waals surface area contributed by atoms with Gasteiger partial charge in [-0.15, -0.1) is 0 Å². The number of hydrogen-bond acceptors (Lipinski definition) is 4. The Morgan fingerprint density at radius 3 is 2.89 bits per heavy atom. The molecule has 1 amide bonds. The molecule has 1 aliphatic rings. The third-order valence-electron chi connectivity index (χ3n) is 3.25. The zero-order valence-electron chi connectivity index (χ0n) is 10.5. The number of carbonyl (C=O) groups excluding carboxylic acids is 1. The summed E-state index contributed by atoms with van der Waals surface area (Å²) in [4.78, 5) is 17.3. The minimum atomic E-state index is -0.338. The number of rotatable bonds is 3. The molecule has 1 aliphatic heterocycles. The van der Waals surface area contributed by atoms with Gasteiger partial charge in [-0.05, 0) is 38.1 Å². The molecule has 100 valence electrons. The molecule has 19 heavy (non-hydrogen) atoms. The largest absolute Gasteiger partial charge is 0.451 e. The number of furan rings is 1. The fourth-order valence-electron chi connectivity index (χ4n) is 2.19. The lowest BCUT2D eigenvalue weighted by Crippen LogP contribution is -2.37. The Kier molecular flexibility index (Phi) is 3.48. The lowest BCUT2D eigenvalue weighted by Gasteiger charge is -2.22. The summed E-state index contributed by atoms with van der Waals surface area (Å²) in [6.45, 7) is 1.84. The average Bonchev–Trinajstić information content (AvgIpc) is 2.90. The van der Waals surface area contributed by atoms with E-state index in [2.05, 4.69) is 10.8 Å².